The van der Waals surface area contributed by atoms with Crippen LogP contribution < -0.4 is 10.6 Å². The fraction of sp³-hybridized carbons (Fsp3) is 0.727. The fourth-order valence-electron chi connectivity index (χ4n) is 2.32. The molecule has 0 aromatic carbocycles. The molecule has 2 saturated heterocycles. The Morgan fingerprint density at radius 2 is 1.81 bits per heavy atom. The monoisotopic (exact) mass is 308 g/mol. The summed E-state index contributed by atoms with van der Waals surface area (Å²) in [4.78, 5) is 36.8. The molecule has 2 heterocycles. The van der Waals surface area contributed by atoms with Gasteiger partial charge in [-0.3, -0.25) is 19.8 Å². The van der Waals surface area contributed by atoms with E-state index in [1.165, 1.54) is 9.80 Å². The van der Waals surface area contributed by atoms with Gasteiger partial charge in [0.05, 0.1) is 13.0 Å². The van der Waals surface area contributed by atoms with Crippen molar-refractivity contribution in [2.45, 2.75) is 18.6 Å². The topological polar surface area (TPSA) is 81.8 Å². The Labute approximate surface area is 118 Å². The number of alkyl halides is 3. The van der Waals surface area contributed by atoms with Crippen molar-refractivity contribution >= 4 is 17.8 Å². The second kappa shape index (κ2) is 5.88. The summed E-state index contributed by atoms with van der Waals surface area (Å²) in [5.41, 5.74) is 0. The van der Waals surface area contributed by atoms with Gasteiger partial charge in [-0.15, -0.1) is 0 Å². The predicted octanol–water partition coefficient (Wildman–Crippen LogP) is -0.709. The minimum atomic E-state index is -4.25. The maximum Gasteiger partial charge on any atom is 0.401 e. The highest BCUT2D eigenvalue weighted by molar-refractivity contribution is 6.05. The Morgan fingerprint density at radius 3 is 2.29 bits per heavy atom. The van der Waals surface area contributed by atoms with Crippen LogP contribution >= 0.6 is 0 Å². The van der Waals surface area contributed by atoms with Gasteiger partial charge in [0.1, 0.15) is 6.04 Å². The molecule has 0 spiro atoms. The van der Waals surface area contributed by atoms with Gasteiger partial charge in [0, 0.05) is 26.2 Å². The summed E-state index contributed by atoms with van der Waals surface area (Å²) < 4.78 is 36.7. The van der Waals surface area contributed by atoms with Crippen LogP contribution in [-0.4, -0.2) is 72.6 Å². The highest BCUT2D eigenvalue weighted by atomic mass is 19.4. The number of carbonyl (C=O) groups is 3. The molecule has 2 aliphatic rings. The molecule has 21 heavy (non-hydrogen) atoms. The molecule has 0 aromatic rings. The highest BCUT2D eigenvalue weighted by Crippen LogP contribution is 2.17. The highest BCUT2D eigenvalue weighted by Gasteiger charge is 2.35. The molecule has 118 valence electrons. The van der Waals surface area contributed by atoms with Crippen LogP contribution in [0.25, 0.3) is 0 Å². The number of hydrogen-bond acceptors (Lipinski definition) is 4. The number of urea groups is 1. The number of nitrogens with one attached hydrogen (secondary N) is 2. The van der Waals surface area contributed by atoms with E-state index in [2.05, 4.69) is 5.32 Å². The van der Waals surface area contributed by atoms with Crippen LogP contribution in [0.4, 0.5) is 18.0 Å². The molecule has 2 rings (SSSR count). The lowest BCUT2D eigenvalue weighted by molar-refractivity contribution is -0.152. The zero-order valence-corrected chi connectivity index (χ0v) is 11.1. The molecule has 0 saturated carbocycles. The first kappa shape index (κ1) is 15.5. The average molecular weight is 308 g/mol. The van der Waals surface area contributed by atoms with Crippen molar-refractivity contribution in [2.75, 3.05) is 32.7 Å². The summed E-state index contributed by atoms with van der Waals surface area (Å²) in [7, 11) is 0. The molecule has 2 aliphatic heterocycles. The van der Waals surface area contributed by atoms with E-state index in [9.17, 15) is 27.6 Å². The van der Waals surface area contributed by atoms with Gasteiger partial charge in [-0.1, -0.05) is 0 Å². The third-order valence-corrected chi connectivity index (χ3v) is 3.37. The van der Waals surface area contributed by atoms with Gasteiger partial charge >= 0.3 is 12.2 Å². The standard InChI is InChI=1S/C11H15F3N4O3/c12-11(13,14)6-17-1-3-18(4-2-17)8(19)5-7-9(20)16-10(21)15-7/h7H,1-6H2,(H2,15,16,20,21). The summed E-state index contributed by atoms with van der Waals surface area (Å²) in [6.07, 6.45) is -4.44. The zero-order chi connectivity index (χ0) is 15.6. The van der Waals surface area contributed by atoms with Crippen molar-refractivity contribution in [3.05, 3.63) is 0 Å². The van der Waals surface area contributed by atoms with E-state index in [1.54, 1.807) is 0 Å². The number of carbonyl (C=O) groups excluding carboxylic acids is 3. The molecule has 1 unspecified atom stereocenters. The molecule has 7 nitrogen and oxygen atoms in total. The van der Waals surface area contributed by atoms with E-state index in [0.717, 1.165) is 0 Å². The second-order valence-electron chi connectivity index (χ2n) is 4.99. The quantitative estimate of drug-likeness (QED) is 0.675. The number of piperazine rings is 1. The SMILES string of the molecule is O=C1NC(=O)C(CC(=O)N2CCN(CC(F)(F)F)CC2)N1. The fourth-order valence-corrected chi connectivity index (χ4v) is 2.32. The molecule has 2 N–H and O–H groups in total. The Bertz CT molecular complexity index is 446. The maximum atomic E-state index is 12.2. The van der Waals surface area contributed by atoms with Gasteiger partial charge in [0.15, 0.2) is 0 Å². The second-order valence-corrected chi connectivity index (χ2v) is 4.99. The van der Waals surface area contributed by atoms with Gasteiger partial charge in [-0.25, -0.2) is 4.79 Å². The van der Waals surface area contributed by atoms with Gasteiger partial charge in [0.25, 0.3) is 5.91 Å². The Morgan fingerprint density at radius 1 is 1.19 bits per heavy atom. The summed E-state index contributed by atoms with van der Waals surface area (Å²) in [6.45, 7) is -0.368. The van der Waals surface area contributed by atoms with Gasteiger partial charge < -0.3 is 10.2 Å². The molecule has 10 heteroatoms. The third kappa shape index (κ3) is 4.31. The Balaban J connectivity index is 1.78. The number of halogens is 3. The van der Waals surface area contributed by atoms with Crippen LogP contribution in [0.5, 0.6) is 0 Å². The van der Waals surface area contributed by atoms with Crippen molar-refractivity contribution in [3.8, 4) is 0 Å². The molecule has 0 aromatic heterocycles. The van der Waals surface area contributed by atoms with Crippen LogP contribution in [0.2, 0.25) is 0 Å². The minimum Gasteiger partial charge on any atom is -0.340 e. The largest absolute Gasteiger partial charge is 0.401 e. The predicted molar refractivity (Wildman–Crippen MR) is 64.2 cm³/mol. The van der Waals surface area contributed by atoms with Crippen molar-refractivity contribution in [1.29, 1.82) is 0 Å². The Kier molecular flexibility index (Phi) is 4.35. The number of amides is 4. The van der Waals surface area contributed by atoms with Crippen LogP contribution in [0.1, 0.15) is 6.42 Å². The van der Waals surface area contributed by atoms with E-state index in [0.29, 0.717) is 0 Å². The molecule has 0 bridgehead atoms. The normalized spacial score (nSPS) is 24.0. The first-order chi connectivity index (χ1) is 9.74. The molecule has 1 atom stereocenters. The summed E-state index contributed by atoms with van der Waals surface area (Å²) in [5, 5.41) is 4.32. The minimum absolute atomic E-state index is 0.133. The smallest absolute Gasteiger partial charge is 0.340 e. The number of imide groups is 1. The summed E-state index contributed by atoms with van der Waals surface area (Å²) in [6, 6.07) is -1.55. The van der Waals surface area contributed by atoms with Crippen LogP contribution in [0.15, 0.2) is 0 Å². The maximum absolute atomic E-state index is 12.2. The average Bonchev–Trinajstić information content (AvgIpc) is 2.66. The van der Waals surface area contributed by atoms with Gasteiger partial charge in [-0.2, -0.15) is 13.2 Å². The van der Waals surface area contributed by atoms with Crippen molar-refractivity contribution < 1.29 is 27.6 Å². The van der Waals surface area contributed by atoms with Gasteiger partial charge in [0.2, 0.25) is 5.91 Å². The molecule has 2 fully saturated rings. The molecule has 4 amide bonds. The number of rotatable bonds is 3. The lowest BCUT2D eigenvalue weighted by Crippen LogP contribution is -2.51. The van der Waals surface area contributed by atoms with Crippen LogP contribution in [-0.2, 0) is 9.59 Å². The van der Waals surface area contributed by atoms with E-state index in [1.807, 2.05) is 5.32 Å². The first-order valence-electron chi connectivity index (χ1n) is 6.43. The Hall–Kier alpha value is -1.84. The zero-order valence-electron chi connectivity index (χ0n) is 11.1. The van der Waals surface area contributed by atoms with Crippen molar-refractivity contribution in [3.63, 3.8) is 0 Å². The van der Waals surface area contributed by atoms with Crippen molar-refractivity contribution in [2.24, 2.45) is 0 Å². The number of nitrogens with zero attached hydrogens (tertiary/aromatic N) is 2. The van der Waals surface area contributed by atoms with E-state index in [-0.39, 0.29) is 38.5 Å². The summed E-state index contributed by atoms with van der Waals surface area (Å²) in [5.74, 6) is -0.923. The third-order valence-electron chi connectivity index (χ3n) is 3.37. The van der Waals surface area contributed by atoms with E-state index < -0.39 is 30.7 Å². The lowest BCUT2D eigenvalue weighted by atomic mass is 10.1. The van der Waals surface area contributed by atoms with Crippen LogP contribution in [0.3, 0.4) is 0 Å². The summed E-state index contributed by atoms with van der Waals surface area (Å²) >= 11 is 0. The van der Waals surface area contributed by atoms with E-state index >= 15 is 0 Å². The first-order valence-corrected chi connectivity index (χ1v) is 6.43. The molecular formula is C11H15F3N4O3. The number of hydrogen-bond donors (Lipinski definition) is 2. The molecule has 0 aliphatic carbocycles. The van der Waals surface area contributed by atoms with Crippen molar-refractivity contribution in [1.82, 2.24) is 20.4 Å². The van der Waals surface area contributed by atoms with Gasteiger partial charge in [-0.05, 0) is 0 Å². The molecular weight excluding hydrogens is 293 g/mol. The lowest BCUT2D eigenvalue weighted by Gasteiger charge is -2.35. The van der Waals surface area contributed by atoms with E-state index in [4.69, 9.17) is 0 Å². The molecule has 0 radical (unpaired) electrons. The van der Waals surface area contributed by atoms with Crippen LogP contribution in [0, 0.1) is 0 Å².